The Morgan fingerprint density at radius 1 is 1.07 bits per heavy atom. The maximum Gasteiger partial charge on any atom is 0.330 e. The topological polar surface area (TPSA) is 89.9 Å². The Balaban J connectivity index is 1.80. The summed E-state index contributed by atoms with van der Waals surface area (Å²) in [5.74, 6) is -1.44. The molecule has 1 saturated heterocycles. The smallest absolute Gasteiger partial charge is 0.330 e. The Kier molecular flexibility index (Phi) is 8.94. The molecule has 0 saturated carbocycles. The number of unbranched alkanes of at least 4 members (excludes halogenated alkanes) is 5. The van der Waals surface area contributed by atoms with Gasteiger partial charge in [-0.05, 0) is 18.5 Å². The summed E-state index contributed by atoms with van der Waals surface area (Å²) >= 11 is 0. The van der Waals surface area contributed by atoms with Crippen LogP contribution in [0.3, 0.4) is 0 Å². The molecule has 0 bridgehead atoms. The molecule has 154 valence electrons. The highest BCUT2D eigenvalue weighted by molar-refractivity contribution is 5.97. The third-order valence-corrected chi connectivity index (χ3v) is 5.02. The minimum Gasteiger partial charge on any atom is -0.479 e. The lowest BCUT2D eigenvalue weighted by atomic mass is 10.1. The van der Waals surface area contributed by atoms with Crippen molar-refractivity contribution in [2.45, 2.75) is 51.5 Å². The van der Waals surface area contributed by atoms with E-state index in [-0.39, 0.29) is 19.0 Å². The molecule has 7 nitrogen and oxygen atoms in total. The summed E-state index contributed by atoms with van der Waals surface area (Å²) in [6.07, 6.45) is 7.19. The molecule has 1 aliphatic heterocycles. The molecule has 2 rings (SSSR count). The fraction of sp³-hybridized carbons (Fsp3) is 0.571. The standard InChI is InChI=1S/C21H31N3O4/c1-2-3-4-5-6-10-13-23-14-15-24(18(25)16-23)21(28)22-19(20(26)27)17-11-8-7-9-12-17/h7-9,11-12,19H,2-6,10,13-16H2,1H3,(H,22,28)(H,26,27). The van der Waals surface area contributed by atoms with Crippen LogP contribution in [0.2, 0.25) is 0 Å². The van der Waals surface area contributed by atoms with Crippen molar-refractivity contribution in [3.63, 3.8) is 0 Å². The SMILES string of the molecule is CCCCCCCCN1CCN(C(=O)NC(C(=O)O)c2ccccc2)C(=O)C1. The van der Waals surface area contributed by atoms with Crippen molar-refractivity contribution < 1.29 is 19.5 Å². The third-order valence-electron chi connectivity index (χ3n) is 5.02. The number of rotatable bonds is 10. The number of imide groups is 1. The van der Waals surface area contributed by atoms with Crippen molar-refractivity contribution in [2.24, 2.45) is 0 Å². The van der Waals surface area contributed by atoms with Gasteiger partial charge in [-0.15, -0.1) is 0 Å². The highest BCUT2D eigenvalue weighted by atomic mass is 16.4. The molecule has 0 radical (unpaired) electrons. The molecule has 0 aromatic heterocycles. The van der Waals surface area contributed by atoms with E-state index in [9.17, 15) is 19.5 Å². The molecular formula is C21H31N3O4. The first-order valence-electron chi connectivity index (χ1n) is 10.1. The van der Waals surface area contributed by atoms with E-state index in [1.54, 1.807) is 30.3 Å². The molecule has 0 aliphatic carbocycles. The molecule has 28 heavy (non-hydrogen) atoms. The molecule has 1 aromatic rings. The number of hydrogen-bond acceptors (Lipinski definition) is 4. The Bertz CT molecular complexity index is 650. The number of nitrogens with zero attached hydrogens (tertiary/aromatic N) is 2. The van der Waals surface area contributed by atoms with E-state index >= 15 is 0 Å². The number of hydrogen-bond donors (Lipinski definition) is 2. The lowest BCUT2D eigenvalue weighted by Gasteiger charge is -2.33. The number of carbonyl (C=O) groups is 3. The highest BCUT2D eigenvalue weighted by Gasteiger charge is 2.31. The number of benzene rings is 1. The van der Waals surface area contributed by atoms with Gasteiger partial charge in [-0.1, -0.05) is 69.4 Å². The van der Waals surface area contributed by atoms with Crippen LogP contribution >= 0.6 is 0 Å². The molecule has 1 unspecified atom stereocenters. The predicted molar refractivity (Wildman–Crippen MR) is 107 cm³/mol. The Hall–Kier alpha value is -2.41. The number of amides is 3. The average Bonchev–Trinajstić information content (AvgIpc) is 2.69. The van der Waals surface area contributed by atoms with Crippen LogP contribution in [-0.2, 0) is 9.59 Å². The van der Waals surface area contributed by atoms with E-state index in [1.165, 1.54) is 25.7 Å². The number of urea groups is 1. The molecule has 1 atom stereocenters. The summed E-state index contributed by atoms with van der Waals surface area (Å²) in [6.45, 7) is 4.15. The lowest BCUT2D eigenvalue weighted by molar-refractivity contribution is -0.140. The Morgan fingerprint density at radius 2 is 1.75 bits per heavy atom. The predicted octanol–water partition coefficient (Wildman–Crippen LogP) is 3.03. The van der Waals surface area contributed by atoms with Gasteiger partial charge in [0.15, 0.2) is 6.04 Å². The number of carboxylic acid groups (broad SMARTS) is 1. The third kappa shape index (κ3) is 6.64. The van der Waals surface area contributed by atoms with Gasteiger partial charge in [-0.25, -0.2) is 9.59 Å². The Morgan fingerprint density at radius 3 is 2.39 bits per heavy atom. The van der Waals surface area contributed by atoms with Gasteiger partial charge >= 0.3 is 12.0 Å². The van der Waals surface area contributed by atoms with E-state index in [1.807, 2.05) is 0 Å². The van der Waals surface area contributed by atoms with Crippen molar-refractivity contribution in [1.82, 2.24) is 15.1 Å². The van der Waals surface area contributed by atoms with Gasteiger partial charge in [0.2, 0.25) is 5.91 Å². The van der Waals surface area contributed by atoms with Crippen LogP contribution in [0.1, 0.15) is 57.1 Å². The monoisotopic (exact) mass is 389 g/mol. The zero-order valence-electron chi connectivity index (χ0n) is 16.6. The number of carbonyl (C=O) groups excluding carboxylic acids is 2. The van der Waals surface area contributed by atoms with Gasteiger partial charge in [-0.3, -0.25) is 14.6 Å². The van der Waals surface area contributed by atoms with Gasteiger partial charge in [-0.2, -0.15) is 0 Å². The van der Waals surface area contributed by atoms with E-state index < -0.39 is 18.0 Å². The van der Waals surface area contributed by atoms with Crippen LogP contribution in [0.25, 0.3) is 0 Å². The molecule has 2 N–H and O–H groups in total. The normalized spacial score (nSPS) is 16.0. The molecule has 1 aliphatic rings. The zero-order valence-corrected chi connectivity index (χ0v) is 16.6. The summed E-state index contributed by atoms with van der Waals surface area (Å²) in [5, 5.41) is 11.9. The molecule has 1 aromatic carbocycles. The first kappa shape index (κ1) is 21.9. The Labute approximate surface area is 166 Å². The fourth-order valence-electron chi connectivity index (χ4n) is 3.38. The van der Waals surface area contributed by atoms with Gasteiger partial charge in [0.25, 0.3) is 0 Å². The maximum absolute atomic E-state index is 12.5. The van der Waals surface area contributed by atoms with Crippen molar-refractivity contribution in [1.29, 1.82) is 0 Å². The second-order valence-corrected chi connectivity index (χ2v) is 7.22. The molecule has 0 spiro atoms. The summed E-state index contributed by atoms with van der Waals surface area (Å²) < 4.78 is 0. The lowest BCUT2D eigenvalue weighted by Crippen LogP contribution is -2.56. The molecule has 1 fully saturated rings. The molecular weight excluding hydrogens is 358 g/mol. The average molecular weight is 389 g/mol. The van der Waals surface area contributed by atoms with Crippen LogP contribution in [0.15, 0.2) is 30.3 Å². The van der Waals surface area contributed by atoms with Crippen LogP contribution in [-0.4, -0.2) is 59.0 Å². The quantitative estimate of drug-likeness (QED) is 0.601. The van der Waals surface area contributed by atoms with E-state index in [0.29, 0.717) is 12.1 Å². The van der Waals surface area contributed by atoms with Gasteiger partial charge < -0.3 is 10.4 Å². The van der Waals surface area contributed by atoms with Crippen LogP contribution in [0.5, 0.6) is 0 Å². The summed E-state index contributed by atoms with van der Waals surface area (Å²) in [6, 6.07) is 6.64. The van der Waals surface area contributed by atoms with Crippen molar-refractivity contribution >= 4 is 17.9 Å². The highest BCUT2D eigenvalue weighted by Crippen LogP contribution is 2.14. The number of nitrogens with one attached hydrogen (secondary N) is 1. The molecule has 1 heterocycles. The first-order valence-corrected chi connectivity index (χ1v) is 10.1. The first-order chi connectivity index (χ1) is 13.5. The summed E-state index contributed by atoms with van der Waals surface area (Å²) in [5.41, 5.74) is 0.470. The minimum absolute atomic E-state index is 0.200. The van der Waals surface area contributed by atoms with Crippen LogP contribution in [0.4, 0.5) is 4.79 Å². The number of piperazine rings is 1. The van der Waals surface area contributed by atoms with Crippen LogP contribution < -0.4 is 5.32 Å². The summed E-state index contributed by atoms with van der Waals surface area (Å²) in [4.78, 5) is 39.6. The zero-order chi connectivity index (χ0) is 20.4. The number of carboxylic acids is 1. The van der Waals surface area contributed by atoms with Gasteiger partial charge in [0.05, 0.1) is 6.54 Å². The number of aliphatic carboxylic acids is 1. The van der Waals surface area contributed by atoms with E-state index in [4.69, 9.17) is 0 Å². The van der Waals surface area contributed by atoms with Crippen molar-refractivity contribution in [2.75, 3.05) is 26.2 Å². The maximum atomic E-state index is 12.5. The van der Waals surface area contributed by atoms with Crippen LogP contribution in [0, 0.1) is 0 Å². The van der Waals surface area contributed by atoms with Crippen molar-refractivity contribution in [3.05, 3.63) is 35.9 Å². The second-order valence-electron chi connectivity index (χ2n) is 7.22. The minimum atomic E-state index is -1.18. The second kappa shape index (κ2) is 11.4. The van der Waals surface area contributed by atoms with Gasteiger partial charge in [0, 0.05) is 13.1 Å². The van der Waals surface area contributed by atoms with E-state index in [2.05, 4.69) is 17.1 Å². The largest absolute Gasteiger partial charge is 0.479 e. The van der Waals surface area contributed by atoms with Gasteiger partial charge in [0.1, 0.15) is 0 Å². The fourth-order valence-corrected chi connectivity index (χ4v) is 3.38. The van der Waals surface area contributed by atoms with E-state index in [0.717, 1.165) is 24.3 Å². The van der Waals surface area contributed by atoms with Crippen molar-refractivity contribution in [3.8, 4) is 0 Å². The summed E-state index contributed by atoms with van der Waals surface area (Å²) in [7, 11) is 0. The molecule has 3 amide bonds. The molecule has 7 heteroatoms.